The molecule has 0 aliphatic rings. The summed E-state index contributed by atoms with van der Waals surface area (Å²) in [5, 5.41) is 11.4. The smallest absolute Gasteiger partial charge is 0.272 e. The first-order chi connectivity index (χ1) is 11.6. The van der Waals surface area contributed by atoms with Gasteiger partial charge in [0.25, 0.3) is 5.91 Å². The molecular formula is C17H12BrClN4O. The van der Waals surface area contributed by atoms with Gasteiger partial charge < -0.3 is 0 Å². The molecule has 120 valence electrons. The van der Waals surface area contributed by atoms with E-state index in [0.29, 0.717) is 16.4 Å². The second-order valence-electron chi connectivity index (χ2n) is 4.93. The number of carbonyl (C=O) groups excluding carboxylic acids is 1. The number of hydrogen-bond donors (Lipinski definition) is 2. The van der Waals surface area contributed by atoms with E-state index in [4.69, 9.17) is 11.6 Å². The highest BCUT2D eigenvalue weighted by Crippen LogP contribution is 2.20. The van der Waals surface area contributed by atoms with Crippen LogP contribution in [0.1, 0.15) is 16.1 Å². The molecule has 0 saturated carbocycles. The van der Waals surface area contributed by atoms with Crippen LogP contribution < -0.4 is 5.43 Å². The lowest BCUT2D eigenvalue weighted by atomic mass is 10.1. The number of hydrazone groups is 1. The minimum absolute atomic E-state index is 0.325. The third-order valence-electron chi connectivity index (χ3n) is 3.19. The van der Waals surface area contributed by atoms with Crippen molar-refractivity contribution < 1.29 is 4.79 Å². The Labute approximate surface area is 151 Å². The van der Waals surface area contributed by atoms with E-state index in [0.717, 1.165) is 15.6 Å². The van der Waals surface area contributed by atoms with E-state index < -0.39 is 0 Å². The van der Waals surface area contributed by atoms with Gasteiger partial charge in [0.1, 0.15) is 5.69 Å². The average Bonchev–Trinajstić information content (AvgIpc) is 3.05. The summed E-state index contributed by atoms with van der Waals surface area (Å²) in [7, 11) is 0. The molecule has 0 spiro atoms. The third-order valence-corrected chi connectivity index (χ3v) is 3.94. The number of H-pyrrole nitrogens is 1. The van der Waals surface area contributed by atoms with Gasteiger partial charge in [-0.2, -0.15) is 10.2 Å². The normalized spacial score (nSPS) is 10.9. The first-order valence-electron chi connectivity index (χ1n) is 7.02. The number of hydrogen-bond acceptors (Lipinski definition) is 3. The Kier molecular flexibility index (Phi) is 5.08. The fourth-order valence-corrected chi connectivity index (χ4v) is 2.56. The number of rotatable bonds is 4. The van der Waals surface area contributed by atoms with Gasteiger partial charge >= 0.3 is 0 Å². The Morgan fingerprint density at radius 3 is 2.75 bits per heavy atom. The van der Waals surface area contributed by atoms with Crippen molar-refractivity contribution in [2.45, 2.75) is 0 Å². The number of benzene rings is 2. The first-order valence-corrected chi connectivity index (χ1v) is 8.19. The molecule has 1 aromatic heterocycles. The van der Waals surface area contributed by atoms with Crippen molar-refractivity contribution in [3.8, 4) is 11.3 Å². The van der Waals surface area contributed by atoms with Crippen molar-refractivity contribution in [2.75, 3.05) is 0 Å². The van der Waals surface area contributed by atoms with Crippen molar-refractivity contribution >= 4 is 39.7 Å². The maximum atomic E-state index is 12.1. The number of halogens is 2. The number of aromatic nitrogens is 2. The highest BCUT2D eigenvalue weighted by atomic mass is 79.9. The molecule has 7 heteroatoms. The van der Waals surface area contributed by atoms with Crippen molar-refractivity contribution in [2.24, 2.45) is 5.10 Å². The van der Waals surface area contributed by atoms with E-state index >= 15 is 0 Å². The number of nitrogens with zero attached hydrogens (tertiary/aromatic N) is 2. The van der Waals surface area contributed by atoms with Gasteiger partial charge in [-0.05, 0) is 35.9 Å². The van der Waals surface area contributed by atoms with Gasteiger partial charge in [0, 0.05) is 15.1 Å². The van der Waals surface area contributed by atoms with Crippen molar-refractivity contribution in [3.63, 3.8) is 0 Å². The predicted molar refractivity (Wildman–Crippen MR) is 98.2 cm³/mol. The molecule has 3 aromatic rings. The van der Waals surface area contributed by atoms with Gasteiger partial charge in [0.2, 0.25) is 0 Å². The number of amides is 1. The molecule has 2 aromatic carbocycles. The topological polar surface area (TPSA) is 70.1 Å². The highest BCUT2D eigenvalue weighted by Gasteiger charge is 2.10. The molecule has 0 aliphatic carbocycles. The Morgan fingerprint density at radius 2 is 2.00 bits per heavy atom. The molecule has 0 saturated heterocycles. The lowest BCUT2D eigenvalue weighted by Crippen LogP contribution is -2.17. The van der Waals surface area contributed by atoms with Crippen LogP contribution in [0.3, 0.4) is 0 Å². The Bertz CT molecular complexity index is 890. The van der Waals surface area contributed by atoms with Gasteiger partial charge in [-0.3, -0.25) is 9.89 Å². The summed E-state index contributed by atoms with van der Waals surface area (Å²) >= 11 is 9.24. The molecule has 1 heterocycles. The van der Waals surface area contributed by atoms with Gasteiger partial charge in [0.15, 0.2) is 0 Å². The summed E-state index contributed by atoms with van der Waals surface area (Å²) in [6.07, 6.45) is 1.57. The quantitative estimate of drug-likeness (QED) is 0.505. The SMILES string of the molecule is O=C(N/N=C/c1cccc(Br)c1)c1cc(-c2ccc(Cl)cc2)n[nH]1. The fourth-order valence-electron chi connectivity index (χ4n) is 2.02. The molecule has 0 atom stereocenters. The summed E-state index contributed by atoms with van der Waals surface area (Å²) in [6.45, 7) is 0. The fraction of sp³-hybridized carbons (Fsp3) is 0. The Balaban J connectivity index is 1.66. The third kappa shape index (κ3) is 4.10. The molecule has 1 amide bonds. The van der Waals surface area contributed by atoms with E-state index in [1.54, 1.807) is 24.4 Å². The zero-order valence-corrected chi connectivity index (χ0v) is 14.7. The summed E-state index contributed by atoms with van der Waals surface area (Å²) in [5.41, 5.74) is 5.19. The van der Waals surface area contributed by atoms with Crippen LogP contribution in [0.5, 0.6) is 0 Å². The van der Waals surface area contributed by atoms with E-state index in [1.165, 1.54) is 0 Å². The first kappa shape index (κ1) is 16.4. The lowest BCUT2D eigenvalue weighted by Gasteiger charge is -1.97. The van der Waals surface area contributed by atoms with Crippen molar-refractivity contribution in [3.05, 3.63) is 75.4 Å². The van der Waals surface area contributed by atoms with Crippen molar-refractivity contribution in [1.29, 1.82) is 0 Å². The minimum Gasteiger partial charge on any atom is -0.272 e. The predicted octanol–water partition coefficient (Wildman–Crippen LogP) is 4.26. The van der Waals surface area contributed by atoms with Crippen LogP contribution in [0.15, 0.2) is 64.2 Å². The van der Waals surface area contributed by atoms with Crippen LogP contribution in [0.4, 0.5) is 0 Å². The molecule has 2 N–H and O–H groups in total. The zero-order valence-electron chi connectivity index (χ0n) is 12.3. The molecule has 24 heavy (non-hydrogen) atoms. The maximum Gasteiger partial charge on any atom is 0.289 e. The summed E-state index contributed by atoms with van der Waals surface area (Å²) in [6, 6.07) is 16.5. The molecule has 0 fully saturated rings. The molecule has 5 nitrogen and oxygen atoms in total. The van der Waals surface area contributed by atoms with Crippen LogP contribution in [-0.4, -0.2) is 22.3 Å². The van der Waals surface area contributed by atoms with Crippen LogP contribution in [0, 0.1) is 0 Å². The second kappa shape index (κ2) is 7.42. The van der Waals surface area contributed by atoms with E-state index in [1.807, 2.05) is 36.4 Å². The van der Waals surface area contributed by atoms with Gasteiger partial charge in [-0.15, -0.1) is 0 Å². The Hall–Kier alpha value is -2.44. The van der Waals surface area contributed by atoms with Gasteiger partial charge in [-0.1, -0.05) is 51.8 Å². The van der Waals surface area contributed by atoms with Crippen LogP contribution in [0.25, 0.3) is 11.3 Å². The number of nitrogens with one attached hydrogen (secondary N) is 2. The number of aromatic amines is 1. The van der Waals surface area contributed by atoms with Gasteiger partial charge in [-0.25, -0.2) is 5.43 Å². The summed E-state index contributed by atoms with van der Waals surface area (Å²) < 4.78 is 0.943. The zero-order chi connectivity index (χ0) is 16.9. The average molecular weight is 404 g/mol. The minimum atomic E-state index is -0.367. The summed E-state index contributed by atoms with van der Waals surface area (Å²) in [5.74, 6) is -0.367. The monoisotopic (exact) mass is 402 g/mol. The van der Waals surface area contributed by atoms with E-state index in [2.05, 4.69) is 36.7 Å². The van der Waals surface area contributed by atoms with Crippen LogP contribution in [-0.2, 0) is 0 Å². The highest BCUT2D eigenvalue weighted by molar-refractivity contribution is 9.10. The largest absolute Gasteiger partial charge is 0.289 e. The van der Waals surface area contributed by atoms with Gasteiger partial charge in [0.05, 0.1) is 11.9 Å². The Morgan fingerprint density at radius 1 is 1.21 bits per heavy atom. The molecule has 0 bridgehead atoms. The van der Waals surface area contributed by atoms with Crippen molar-refractivity contribution in [1.82, 2.24) is 15.6 Å². The standard InChI is InChI=1S/C17H12BrClN4O/c18-13-3-1-2-11(8-13)10-20-23-17(24)16-9-15(21-22-16)12-4-6-14(19)7-5-12/h1-10H,(H,21,22)(H,23,24)/b20-10+. The van der Waals surface area contributed by atoms with E-state index in [9.17, 15) is 4.79 Å². The molecule has 0 radical (unpaired) electrons. The maximum absolute atomic E-state index is 12.1. The molecule has 0 aliphatic heterocycles. The summed E-state index contributed by atoms with van der Waals surface area (Å²) in [4.78, 5) is 12.1. The molecule has 0 unspecified atom stereocenters. The van der Waals surface area contributed by atoms with Crippen LogP contribution >= 0.6 is 27.5 Å². The number of carbonyl (C=O) groups is 1. The van der Waals surface area contributed by atoms with E-state index in [-0.39, 0.29) is 5.91 Å². The second-order valence-corrected chi connectivity index (χ2v) is 6.28. The lowest BCUT2D eigenvalue weighted by molar-refractivity contribution is 0.0950. The molecule has 3 rings (SSSR count). The van der Waals surface area contributed by atoms with Crippen LogP contribution in [0.2, 0.25) is 5.02 Å². The molecular weight excluding hydrogens is 392 g/mol.